The monoisotopic (exact) mass is 341 g/mol. The van der Waals surface area contributed by atoms with Gasteiger partial charge in [-0.25, -0.2) is 4.39 Å². The van der Waals surface area contributed by atoms with Gasteiger partial charge >= 0.3 is 5.97 Å². The SMILES string of the molecule is O=C(CCCN1C(=O)c2ccccc2C1=O)OCc1ccc(F)cc1. The molecule has 128 valence electrons. The first-order valence-corrected chi connectivity index (χ1v) is 7.91. The minimum atomic E-state index is -0.430. The van der Waals surface area contributed by atoms with Crippen LogP contribution in [0.3, 0.4) is 0 Å². The van der Waals surface area contributed by atoms with Crippen molar-refractivity contribution < 1.29 is 23.5 Å². The van der Waals surface area contributed by atoms with E-state index in [0.717, 1.165) is 4.90 Å². The second kappa shape index (κ2) is 7.25. The Morgan fingerprint density at radius 1 is 0.960 bits per heavy atom. The highest BCUT2D eigenvalue weighted by molar-refractivity contribution is 6.21. The molecule has 3 rings (SSSR count). The number of halogens is 1. The molecule has 1 heterocycles. The van der Waals surface area contributed by atoms with Gasteiger partial charge in [-0.15, -0.1) is 0 Å². The van der Waals surface area contributed by atoms with Crippen LogP contribution in [0.2, 0.25) is 0 Å². The predicted molar refractivity (Wildman–Crippen MR) is 87.2 cm³/mol. The number of hydrogen-bond acceptors (Lipinski definition) is 4. The molecule has 0 aromatic heterocycles. The summed E-state index contributed by atoms with van der Waals surface area (Å²) in [6, 6.07) is 12.3. The van der Waals surface area contributed by atoms with Crippen LogP contribution >= 0.6 is 0 Å². The number of fused-ring (bicyclic) bond motifs is 1. The third-order valence-electron chi connectivity index (χ3n) is 3.95. The predicted octanol–water partition coefficient (Wildman–Crippen LogP) is 2.95. The minimum Gasteiger partial charge on any atom is -0.461 e. The van der Waals surface area contributed by atoms with Crippen molar-refractivity contribution in [3.8, 4) is 0 Å². The van der Waals surface area contributed by atoms with E-state index < -0.39 is 5.97 Å². The van der Waals surface area contributed by atoms with Crippen molar-refractivity contribution in [3.05, 3.63) is 71.0 Å². The Balaban J connectivity index is 1.45. The normalized spacial score (nSPS) is 13.1. The van der Waals surface area contributed by atoms with E-state index in [4.69, 9.17) is 4.74 Å². The highest BCUT2D eigenvalue weighted by Gasteiger charge is 2.34. The molecule has 5 nitrogen and oxygen atoms in total. The van der Waals surface area contributed by atoms with E-state index in [1.54, 1.807) is 36.4 Å². The molecule has 0 unspecified atom stereocenters. The van der Waals surface area contributed by atoms with Crippen LogP contribution in [0.1, 0.15) is 39.1 Å². The van der Waals surface area contributed by atoms with Crippen molar-refractivity contribution in [1.29, 1.82) is 0 Å². The molecule has 2 aromatic carbocycles. The molecule has 6 heteroatoms. The minimum absolute atomic E-state index is 0.0616. The third-order valence-corrected chi connectivity index (χ3v) is 3.95. The number of rotatable bonds is 6. The fourth-order valence-electron chi connectivity index (χ4n) is 2.64. The van der Waals surface area contributed by atoms with Crippen LogP contribution < -0.4 is 0 Å². The summed E-state index contributed by atoms with van der Waals surface area (Å²) in [5, 5.41) is 0. The van der Waals surface area contributed by atoms with E-state index >= 15 is 0 Å². The van der Waals surface area contributed by atoms with Crippen LogP contribution in [0.15, 0.2) is 48.5 Å². The second-order valence-corrected chi connectivity index (χ2v) is 5.70. The molecule has 0 fully saturated rings. The molecule has 0 atom stereocenters. The highest BCUT2D eigenvalue weighted by atomic mass is 19.1. The first-order chi connectivity index (χ1) is 12.1. The number of amides is 2. The maximum absolute atomic E-state index is 12.8. The number of carbonyl (C=O) groups is 3. The lowest BCUT2D eigenvalue weighted by Crippen LogP contribution is -2.31. The van der Waals surface area contributed by atoms with Gasteiger partial charge in [0.2, 0.25) is 0 Å². The van der Waals surface area contributed by atoms with Gasteiger partial charge in [0.15, 0.2) is 0 Å². The van der Waals surface area contributed by atoms with E-state index in [2.05, 4.69) is 0 Å². The van der Waals surface area contributed by atoms with Crippen LogP contribution in [0.25, 0.3) is 0 Å². The maximum atomic E-state index is 12.8. The molecule has 2 aromatic rings. The van der Waals surface area contributed by atoms with Crippen LogP contribution in [-0.2, 0) is 16.1 Å². The summed E-state index contributed by atoms with van der Waals surface area (Å²) in [4.78, 5) is 37.3. The van der Waals surface area contributed by atoms with Crippen LogP contribution in [-0.4, -0.2) is 29.2 Å². The summed E-state index contributed by atoms with van der Waals surface area (Å²) in [7, 11) is 0. The van der Waals surface area contributed by atoms with Crippen molar-refractivity contribution >= 4 is 17.8 Å². The number of nitrogens with zero attached hydrogens (tertiary/aromatic N) is 1. The van der Waals surface area contributed by atoms with E-state index in [-0.39, 0.29) is 37.2 Å². The van der Waals surface area contributed by atoms with Crippen molar-refractivity contribution in [2.45, 2.75) is 19.4 Å². The summed E-state index contributed by atoms with van der Waals surface area (Å²) in [6.07, 6.45) is 0.419. The van der Waals surface area contributed by atoms with E-state index in [1.165, 1.54) is 12.1 Å². The summed E-state index contributed by atoms with van der Waals surface area (Å²) in [5.74, 6) is -1.45. The fraction of sp³-hybridized carbons (Fsp3) is 0.211. The quantitative estimate of drug-likeness (QED) is 0.599. The van der Waals surface area contributed by atoms with Gasteiger partial charge in [-0.1, -0.05) is 24.3 Å². The lowest BCUT2D eigenvalue weighted by molar-refractivity contribution is -0.145. The van der Waals surface area contributed by atoms with Gasteiger partial charge in [0.25, 0.3) is 11.8 Å². The van der Waals surface area contributed by atoms with E-state index in [1.807, 2.05) is 0 Å². The second-order valence-electron chi connectivity index (χ2n) is 5.70. The first-order valence-electron chi connectivity index (χ1n) is 7.91. The summed E-state index contributed by atoms with van der Waals surface area (Å²) >= 11 is 0. The third kappa shape index (κ3) is 3.74. The van der Waals surface area contributed by atoms with Gasteiger partial charge in [0.1, 0.15) is 12.4 Å². The van der Waals surface area contributed by atoms with Gasteiger partial charge in [0.05, 0.1) is 11.1 Å². The molecule has 25 heavy (non-hydrogen) atoms. The number of benzene rings is 2. The van der Waals surface area contributed by atoms with Crippen molar-refractivity contribution in [2.24, 2.45) is 0 Å². The molecule has 0 aliphatic carbocycles. The molecule has 1 aliphatic heterocycles. The zero-order chi connectivity index (χ0) is 17.8. The average molecular weight is 341 g/mol. The Hall–Kier alpha value is -3.02. The standard InChI is InChI=1S/C19H16FNO4/c20-14-9-7-13(8-10-14)12-25-17(22)6-3-11-21-18(23)15-4-1-2-5-16(15)19(21)24/h1-2,4-5,7-10H,3,6,11-12H2. The molecular formula is C19H16FNO4. The topological polar surface area (TPSA) is 63.7 Å². The molecule has 0 N–H and O–H groups in total. The lowest BCUT2D eigenvalue weighted by atomic mass is 10.1. The molecule has 2 amide bonds. The van der Waals surface area contributed by atoms with Crippen LogP contribution in [0.5, 0.6) is 0 Å². The number of carbonyl (C=O) groups excluding carboxylic acids is 3. The average Bonchev–Trinajstić information content (AvgIpc) is 2.86. The Morgan fingerprint density at radius 2 is 1.56 bits per heavy atom. The zero-order valence-electron chi connectivity index (χ0n) is 13.4. The van der Waals surface area contributed by atoms with Gasteiger partial charge in [-0.05, 0) is 36.2 Å². The van der Waals surface area contributed by atoms with Crippen molar-refractivity contribution in [3.63, 3.8) is 0 Å². The molecule has 1 aliphatic rings. The van der Waals surface area contributed by atoms with Gasteiger partial charge < -0.3 is 4.74 Å². The van der Waals surface area contributed by atoms with E-state index in [9.17, 15) is 18.8 Å². The highest BCUT2D eigenvalue weighted by Crippen LogP contribution is 2.22. The fourth-order valence-corrected chi connectivity index (χ4v) is 2.64. The number of ether oxygens (including phenoxy) is 1. The Morgan fingerprint density at radius 3 is 2.16 bits per heavy atom. The van der Waals surface area contributed by atoms with E-state index in [0.29, 0.717) is 23.1 Å². The number of esters is 1. The van der Waals surface area contributed by atoms with Gasteiger partial charge in [-0.2, -0.15) is 0 Å². The first kappa shape index (κ1) is 16.8. The van der Waals surface area contributed by atoms with Gasteiger partial charge in [0, 0.05) is 13.0 Å². The maximum Gasteiger partial charge on any atom is 0.306 e. The Kier molecular flexibility index (Phi) is 4.88. The van der Waals surface area contributed by atoms with Crippen LogP contribution in [0, 0.1) is 5.82 Å². The molecular weight excluding hydrogens is 325 g/mol. The smallest absolute Gasteiger partial charge is 0.306 e. The summed E-state index contributed by atoms with van der Waals surface area (Å²) in [5.41, 5.74) is 1.48. The Bertz CT molecular complexity index is 781. The van der Waals surface area contributed by atoms with Gasteiger partial charge in [-0.3, -0.25) is 19.3 Å². The van der Waals surface area contributed by atoms with Crippen molar-refractivity contribution in [2.75, 3.05) is 6.54 Å². The molecule has 0 saturated carbocycles. The zero-order valence-corrected chi connectivity index (χ0v) is 13.4. The summed E-state index contributed by atoms with van der Waals surface area (Å²) < 4.78 is 17.9. The lowest BCUT2D eigenvalue weighted by Gasteiger charge is -2.13. The molecule has 0 spiro atoms. The number of hydrogen-bond donors (Lipinski definition) is 0. The number of imide groups is 1. The van der Waals surface area contributed by atoms with Crippen LogP contribution in [0.4, 0.5) is 4.39 Å². The largest absolute Gasteiger partial charge is 0.461 e. The Labute approximate surface area is 144 Å². The molecule has 0 radical (unpaired) electrons. The molecule has 0 saturated heterocycles. The van der Waals surface area contributed by atoms with Crippen molar-refractivity contribution in [1.82, 2.24) is 4.90 Å². The molecule has 0 bridgehead atoms. The summed E-state index contributed by atoms with van der Waals surface area (Å²) in [6.45, 7) is 0.226.